The molecule has 1 atom stereocenters. The molecule has 1 heterocycles. The van der Waals surface area contributed by atoms with Crippen molar-refractivity contribution in [1.29, 1.82) is 0 Å². The second kappa shape index (κ2) is 18.6. The molecule has 0 radical (unpaired) electrons. The highest BCUT2D eigenvalue weighted by Crippen LogP contribution is 2.30. The summed E-state index contributed by atoms with van der Waals surface area (Å²) in [5.74, 6) is -1.35. The van der Waals surface area contributed by atoms with Crippen molar-refractivity contribution >= 4 is 30.5 Å². The Hall–Kier alpha value is -5.57. The fourth-order valence-electron chi connectivity index (χ4n) is 3.76. The number of nitrogens with one attached hydrogen (secondary N) is 1. The molecule has 5 N–H and O–H groups in total. The molecule has 4 aromatic carbocycles. The lowest BCUT2D eigenvalue weighted by molar-refractivity contribution is -0.122. The first kappa shape index (κ1) is 35.4. The number of carboxylic acids is 1. The molecule has 41 heavy (non-hydrogen) atoms. The number of benzene rings is 4. The number of aromatic carboxylic acids is 1. The Labute approximate surface area is 239 Å². The highest BCUT2D eigenvalue weighted by molar-refractivity contribution is 6.14. The van der Waals surface area contributed by atoms with Gasteiger partial charge in [0.1, 0.15) is 0 Å². The predicted octanol–water partition coefficient (Wildman–Crippen LogP) is 5.21. The number of rotatable bonds is 4. The molecule has 0 aromatic heterocycles. The molecule has 0 fully saturated rings. The third-order valence-corrected chi connectivity index (χ3v) is 5.36. The Kier molecular flexibility index (Phi) is 16.1. The number of carbonyl (C=O) groups is 5. The molecule has 0 saturated heterocycles. The van der Waals surface area contributed by atoms with Crippen molar-refractivity contribution in [2.24, 2.45) is 5.73 Å². The normalized spacial score (nSPS) is 11.7. The lowest BCUT2D eigenvalue weighted by atomic mass is 9.98. The van der Waals surface area contributed by atoms with Gasteiger partial charge in [0.05, 0.1) is 11.6 Å². The van der Waals surface area contributed by atoms with E-state index in [1.165, 1.54) is 12.1 Å². The molecule has 9 heteroatoms. The standard InChI is InChI=1S/C14H11NO.C14H10O3.CH3NO.CH2O2.2CH4/c16-14-12-9-5-4-8-11(12)13(15-14)10-6-2-1-3-7-10;15-13(10-6-2-1-3-7-10)11-8-4-5-9-12(11)14(16)17;2*2-1-3;;/h1-9,13H,(H,15,16);1-9H,(H,16,17);1H,(H2,2,3);1H,(H,2,3);2*1H4. The lowest BCUT2D eigenvalue weighted by Crippen LogP contribution is -2.19. The molecule has 1 aliphatic heterocycles. The number of carboxylic acid groups (broad SMARTS) is 2. The summed E-state index contributed by atoms with van der Waals surface area (Å²) < 4.78 is 0. The molecule has 4 aromatic rings. The van der Waals surface area contributed by atoms with E-state index in [9.17, 15) is 14.4 Å². The number of hydrogen-bond donors (Lipinski definition) is 4. The Morgan fingerprint density at radius 2 is 1.17 bits per heavy atom. The highest BCUT2D eigenvalue weighted by Gasteiger charge is 2.28. The Morgan fingerprint density at radius 1 is 0.732 bits per heavy atom. The van der Waals surface area contributed by atoms with E-state index in [0.29, 0.717) is 5.56 Å². The largest absolute Gasteiger partial charge is 0.483 e. The summed E-state index contributed by atoms with van der Waals surface area (Å²) in [5.41, 5.74) is 7.88. The highest BCUT2D eigenvalue weighted by atomic mass is 16.4. The van der Waals surface area contributed by atoms with E-state index < -0.39 is 5.97 Å². The van der Waals surface area contributed by atoms with E-state index in [-0.39, 0.29) is 56.6 Å². The molecule has 1 unspecified atom stereocenters. The zero-order valence-corrected chi connectivity index (χ0v) is 20.6. The van der Waals surface area contributed by atoms with Crippen molar-refractivity contribution in [1.82, 2.24) is 5.32 Å². The van der Waals surface area contributed by atoms with Gasteiger partial charge in [-0.25, -0.2) is 4.79 Å². The Bertz CT molecular complexity index is 1400. The van der Waals surface area contributed by atoms with Crippen LogP contribution in [-0.4, -0.2) is 40.8 Å². The molecule has 2 amide bonds. The second-order valence-electron chi connectivity index (χ2n) is 7.69. The summed E-state index contributed by atoms with van der Waals surface area (Å²) in [4.78, 5) is 51.8. The van der Waals surface area contributed by atoms with Gasteiger partial charge in [0, 0.05) is 16.7 Å². The third kappa shape index (κ3) is 9.92. The molecule has 214 valence electrons. The number of primary amides is 1. The molecule has 0 saturated carbocycles. The van der Waals surface area contributed by atoms with Crippen molar-refractivity contribution in [2.45, 2.75) is 20.9 Å². The molecule has 1 aliphatic rings. The third-order valence-electron chi connectivity index (χ3n) is 5.36. The minimum Gasteiger partial charge on any atom is -0.483 e. The minimum absolute atomic E-state index is 0. The van der Waals surface area contributed by atoms with E-state index in [2.05, 4.69) is 11.1 Å². The van der Waals surface area contributed by atoms with E-state index in [4.69, 9.17) is 19.8 Å². The van der Waals surface area contributed by atoms with Gasteiger partial charge in [0.15, 0.2) is 5.78 Å². The fraction of sp³-hybridized carbons (Fsp3) is 0.0938. The number of ketones is 1. The predicted molar refractivity (Wildman–Crippen MR) is 158 cm³/mol. The van der Waals surface area contributed by atoms with Gasteiger partial charge >= 0.3 is 5.97 Å². The smallest absolute Gasteiger partial charge is 0.336 e. The van der Waals surface area contributed by atoms with Crippen LogP contribution in [0.2, 0.25) is 0 Å². The van der Waals surface area contributed by atoms with Gasteiger partial charge in [-0.05, 0) is 23.3 Å². The van der Waals surface area contributed by atoms with Crippen LogP contribution in [-0.2, 0) is 9.59 Å². The quantitative estimate of drug-likeness (QED) is 0.197. The number of nitrogens with two attached hydrogens (primary N) is 1. The fourth-order valence-corrected chi connectivity index (χ4v) is 3.76. The average Bonchev–Trinajstić information content (AvgIpc) is 3.31. The summed E-state index contributed by atoms with van der Waals surface area (Å²) in [6.07, 6.45) is 0.250. The molecule has 0 aliphatic carbocycles. The van der Waals surface area contributed by atoms with Crippen LogP contribution in [0.5, 0.6) is 0 Å². The molecule has 9 nitrogen and oxygen atoms in total. The number of hydrogen-bond acceptors (Lipinski definition) is 5. The summed E-state index contributed by atoms with van der Waals surface area (Å²) in [7, 11) is 0. The zero-order chi connectivity index (χ0) is 28.6. The monoisotopic (exact) mass is 558 g/mol. The van der Waals surface area contributed by atoms with Crippen LogP contribution in [0.4, 0.5) is 0 Å². The van der Waals surface area contributed by atoms with E-state index in [1.54, 1.807) is 42.5 Å². The zero-order valence-electron chi connectivity index (χ0n) is 20.6. The molecular formula is C32H34N2O7. The van der Waals surface area contributed by atoms with Crippen molar-refractivity contribution in [3.8, 4) is 0 Å². The van der Waals surface area contributed by atoms with E-state index in [0.717, 1.165) is 16.7 Å². The Morgan fingerprint density at radius 3 is 1.71 bits per heavy atom. The summed E-state index contributed by atoms with van der Waals surface area (Å²) in [5, 5.41) is 18.9. The first-order chi connectivity index (χ1) is 18.9. The SMILES string of the molecule is C.C.NC=O.O=C(O)c1ccccc1C(=O)c1ccccc1.O=C1NC(c2ccccc2)c2ccccc21.O=CO. The van der Waals surface area contributed by atoms with Crippen LogP contribution in [0.15, 0.2) is 109 Å². The van der Waals surface area contributed by atoms with Crippen LogP contribution < -0.4 is 11.1 Å². The van der Waals surface area contributed by atoms with Crippen LogP contribution in [0.1, 0.15) is 68.7 Å². The maximum absolute atomic E-state index is 12.1. The van der Waals surface area contributed by atoms with Crippen LogP contribution in [0.25, 0.3) is 0 Å². The van der Waals surface area contributed by atoms with Crippen LogP contribution >= 0.6 is 0 Å². The van der Waals surface area contributed by atoms with Gasteiger partial charge in [-0.2, -0.15) is 0 Å². The Balaban J connectivity index is 0.000000630. The van der Waals surface area contributed by atoms with Gasteiger partial charge in [0.25, 0.3) is 12.4 Å². The minimum atomic E-state index is -1.09. The summed E-state index contributed by atoms with van der Waals surface area (Å²) in [6, 6.07) is 32.6. The van der Waals surface area contributed by atoms with Gasteiger partial charge in [-0.15, -0.1) is 0 Å². The van der Waals surface area contributed by atoms with Gasteiger partial charge in [-0.1, -0.05) is 112 Å². The maximum Gasteiger partial charge on any atom is 0.336 e. The number of fused-ring (bicyclic) bond motifs is 1. The van der Waals surface area contributed by atoms with Crippen molar-refractivity contribution in [2.75, 3.05) is 0 Å². The van der Waals surface area contributed by atoms with Crippen LogP contribution in [0.3, 0.4) is 0 Å². The van der Waals surface area contributed by atoms with Gasteiger partial charge in [0.2, 0.25) is 6.41 Å². The average molecular weight is 559 g/mol. The van der Waals surface area contributed by atoms with Gasteiger partial charge in [-0.3, -0.25) is 19.2 Å². The number of amides is 2. The molecule has 0 bridgehead atoms. The van der Waals surface area contributed by atoms with Crippen molar-refractivity contribution in [3.63, 3.8) is 0 Å². The van der Waals surface area contributed by atoms with Crippen molar-refractivity contribution < 1.29 is 34.2 Å². The topological polar surface area (TPSA) is 164 Å². The molecule has 5 rings (SSSR count). The molecular weight excluding hydrogens is 524 g/mol. The van der Waals surface area contributed by atoms with Gasteiger partial charge < -0.3 is 21.3 Å². The molecule has 0 spiro atoms. The lowest BCUT2D eigenvalue weighted by Gasteiger charge is -2.11. The first-order valence-corrected chi connectivity index (χ1v) is 11.5. The van der Waals surface area contributed by atoms with E-state index in [1.807, 2.05) is 54.6 Å². The second-order valence-corrected chi connectivity index (χ2v) is 7.69. The summed E-state index contributed by atoms with van der Waals surface area (Å²) >= 11 is 0. The number of carbonyl (C=O) groups excluding carboxylic acids is 3. The van der Waals surface area contributed by atoms with E-state index >= 15 is 0 Å². The summed E-state index contributed by atoms with van der Waals surface area (Å²) in [6.45, 7) is -0.250. The first-order valence-electron chi connectivity index (χ1n) is 11.5. The maximum atomic E-state index is 12.1. The van der Waals surface area contributed by atoms with Crippen LogP contribution in [0, 0.1) is 0 Å². The van der Waals surface area contributed by atoms with Crippen molar-refractivity contribution in [3.05, 3.63) is 143 Å².